The van der Waals surface area contributed by atoms with Crippen molar-refractivity contribution in [3.63, 3.8) is 0 Å². The van der Waals surface area contributed by atoms with Gasteiger partial charge in [-0.3, -0.25) is 9.59 Å². The molecule has 5 heteroatoms. The summed E-state index contributed by atoms with van der Waals surface area (Å²) in [4.78, 5) is 24.5. The Bertz CT molecular complexity index is 293. The first-order valence-electron chi connectivity index (χ1n) is 5.95. The van der Waals surface area contributed by atoms with Gasteiger partial charge in [-0.05, 0) is 33.6 Å². The van der Waals surface area contributed by atoms with E-state index in [1.807, 2.05) is 20.8 Å². The monoisotopic (exact) mass is 242 g/mol. The average Bonchev–Trinajstić information content (AvgIpc) is 2.96. The van der Waals surface area contributed by atoms with Gasteiger partial charge in [0.1, 0.15) is 6.61 Å². The SMILES string of the molecule is CN(CC(=O)NC1CC1)C(=O)COC(C)(C)C. The van der Waals surface area contributed by atoms with Crippen LogP contribution in [0, 0.1) is 0 Å². The van der Waals surface area contributed by atoms with Gasteiger partial charge in [-0.1, -0.05) is 0 Å². The molecule has 98 valence electrons. The van der Waals surface area contributed by atoms with Gasteiger partial charge in [-0.2, -0.15) is 0 Å². The quantitative estimate of drug-likeness (QED) is 0.765. The number of amides is 2. The first kappa shape index (κ1) is 14.0. The van der Waals surface area contributed by atoms with Crippen molar-refractivity contribution in [1.29, 1.82) is 0 Å². The Hall–Kier alpha value is -1.10. The van der Waals surface area contributed by atoms with Gasteiger partial charge in [-0.25, -0.2) is 0 Å². The van der Waals surface area contributed by atoms with E-state index in [1.165, 1.54) is 4.90 Å². The highest BCUT2D eigenvalue weighted by Crippen LogP contribution is 2.18. The van der Waals surface area contributed by atoms with Crippen LogP contribution in [0.2, 0.25) is 0 Å². The Balaban J connectivity index is 2.23. The molecule has 2 amide bonds. The molecule has 1 aliphatic carbocycles. The minimum Gasteiger partial charge on any atom is -0.366 e. The largest absolute Gasteiger partial charge is 0.366 e. The van der Waals surface area contributed by atoms with E-state index in [1.54, 1.807) is 7.05 Å². The van der Waals surface area contributed by atoms with Crippen molar-refractivity contribution in [2.24, 2.45) is 0 Å². The van der Waals surface area contributed by atoms with E-state index in [0.29, 0.717) is 6.04 Å². The van der Waals surface area contributed by atoms with Crippen LogP contribution in [0.1, 0.15) is 33.6 Å². The zero-order chi connectivity index (χ0) is 13.1. The van der Waals surface area contributed by atoms with E-state index in [9.17, 15) is 9.59 Å². The van der Waals surface area contributed by atoms with E-state index >= 15 is 0 Å². The van der Waals surface area contributed by atoms with Crippen molar-refractivity contribution >= 4 is 11.8 Å². The summed E-state index contributed by atoms with van der Waals surface area (Å²) in [6.07, 6.45) is 2.10. The summed E-state index contributed by atoms with van der Waals surface area (Å²) in [5.74, 6) is -0.273. The number of carbonyl (C=O) groups is 2. The summed E-state index contributed by atoms with van der Waals surface area (Å²) in [5.41, 5.74) is -0.341. The lowest BCUT2D eigenvalue weighted by atomic mass is 10.2. The molecule has 0 aliphatic heterocycles. The van der Waals surface area contributed by atoms with Crippen LogP contribution in [0.5, 0.6) is 0 Å². The Morgan fingerprint density at radius 2 is 1.94 bits per heavy atom. The van der Waals surface area contributed by atoms with Crippen molar-refractivity contribution < 1.29 is 14.3 Å². The number of ether oxygens (including phenoxy) is 1. The molecule has 1 aliphatic rings. The van der Waals surface area contributed by atoms with Crippen LogP contribution < -0.4 is 5.32 Å². The van der Waals surface area contributed by atoms with Crippen LogP contribution in [0.15, 0.2) is 0 Å². The van der Waals surface area contributed by atoms with E-state index in [2.05, 4.69) is 5.32 Å². The summed E-state index contributed by atoms with van der Waals surface area (Å²) >= 11 is 0. The molecule has 0 bridgehead atoms. The number of nitrogens with one attached hydrogen (secondary N) is 1. The molecule has 1 fully saturated rings. The fraction of sp³-hybridized carbons (Fsp3) is 0.833. The van der Waals surface area contributed by atoms with Crippen molar-refractivity contribution in [3.05, 3.63) is 0 Å². The van der Waals surface area contributed by atoms with Gasteiger partial charge in [0.25, 0.3) is 0 Å². The van der Waals surface area contributed by atoms with Crippen molar-refractivity contribution in [2.45, 2.75) is 45.3 Å². The van der Waals surface area contributed by atoms with Crippen LogP contribution in [-0.2, 0) is 14.3 Å². The standard InChI is InChI=1S/C12H22N2O3/c1-12(2,3)17-8-11(16)14(4)7-10(15)13-9-5-6-9/h9H,5-8H2,1-4H3,(H,13,15). The maximum atomic E-state index is 11.6. The van der Waals surface area contributed by atoms with Crippen molar-refractivity contribution in [2.75, 3.05) is 20.2 Å². The van der Waals surface area contributed by atoms with Crippen LogP contribution in [0.3, 0.4) is 0 Å². The maximum absolute atomic E-state index is 11.6. The van der Waals surface area contributed by atoms with Crippen LogP contribution in [-0.4, -0.2) is 48.6 Å². The van der Waals surface area contributed by atoms with Crippen LogP contribution >= 0.6 is 0 Å². The summed E-state index contributed by atoms with van der Waals surface area (Å²) < 4.78 is 5.36. The number of carbonyl (C=O) groups excluding carboxylic acids is 2. The fourth-order valence-electron chi connectivity index (χ4n) is 1.19. The molecule has 0 unspecified atom stereocenters. The Morgan fingerprint density at radius 1 is 1.35 bits per heavy atom. The van der Waals surface area contributed by atoms with Gasteiger partial charge in [0.15, 0.2) is 0 Å². The summed E-state index contributed by atoms with van der Waals surface area (Å²) in [7, 11) is 1.61. The molecule has 0 atom stereocenters. The van der Waals surface area contributed by atoms with Crippen molar-refractivity contribution in [3.8, 4) is 0 Å². The van der Waals surface area contributed by atoms with E-state index in [0.717, 1.165) is 12.8 Å². The molecular formula is C12H22N2O3. The lowest BCUT2D eigenvalue weighted by Gasteiger charge is -2.22. The van der Waals surface area contributed by atoms with Gasteiger partial charge >= 0.3 is 0 Å². The number of rotatable bonds is 5. The highest BCUT2D eigenvalue weighted by Gasteiger charge is 2.24. The molecule has 1 rings (SSSR count). The molecule has 0 aromatic rings. The molecule has 1 saturated carbocycles. The van der Waals surface area contributed by atoms with Gasteiger partial charge in [-0.15, -0.1) is 0 Å². The molecule has 1 N–H and O–H groups in total. The second kappa shape index (κ2) is 5.49. The van der Waals surface area contributed by atoms with Gasteiger partial charge in [0, 0.05) is 13.1 Å². The summed E-state index contributed by atoms with van der Waals surface area (Å²) in [6.45, 7) is 5.78. The Kier molecular flexibility index (Phi) is 4.51. The minimum atomic E-state index is -0.341. The van der Waals surface area contributed by atoms with Crippen LogP contribution in [0.4, 0.5) is 0 Å². The topological polar surface area (TPSA) is 58.6 Å². The average molecular weight is 242 g/mol. The Morgan fingerprint density at radius 3 is 2.41 bits per heavy atom. The first-order valence-corrected chi connectivity index (χ1v) is 5.95. The highest BCUT2D eigenvalue weighted by atomic mass is 16.5. The lowest BCUT2D eigenvalue weighted by molar-refractivity contribution is -0.142. The van der Waals surface area contributed by atoms with Gasteiger partial charge < -0.3 is 15.0 Å². The molecule has 0 aromatic carbocycles. The van der Waals surface area contributed by atoms with E-state index < -0.39 is 0 Å². The summed E-state index contributed by atoms with van der Waals surface area (Å²) in [6, 6.07) is 0.330. The number of hydrogen-bond acceptors (Lipinski definition) is 3. The minimum absolute atomic E-state index is 0.0106. The fourth-order valence-corrected chi connectivity index (χ4v) is 1.19. The third-order valence-corrected chi connectivity index (χ3v) is 2.38. The molecule has 5 nitrogen and oxygen atoms in total. The smallest absolute Gasteiger partial charge is 0.248 e. The zero-order valence-corrected chi connectivity index (χ0v) is 11.1. The molecule has 17 heavy (non-hydrogen) atoms. The number of hydrogen-bond donors (Lipinski definition) is 1. The molecule has 0 radical (unpaired) electrons. The number of nitrogens with zero attached hydrogens (tertiary/aromatic N) is 1. The second-order valence-electron chi connectivity index (χ2n) is 5.49. The molecule has 0 aromatic heterocycles. The zero-order valence-electron chi connectivity index (χ0n) is 11.1. The Labute approximate surface area is 102 Å². The predicted octanol–water partition coefficient (Wildman–Crippen LogP) is 0.539. The lowest BCUT2D eigenvalue weighted by Crippen LogP contribution is -2.41. The van der Waals surface area contributed by atoms with Crippen LogP contribution in [0.25, 0.3) is 0 Å². The van der Waals surface area contributed by atoms with E-state index in [-0.39, 0.29) is 30.6 Å². The van der Waals surface area contributed by atoms with Gasteiger partial charge in [0.2, 0.25) is 11.8 Å². The third kappa shape index (κ3) is 6.26. The molecular weight excluding hydrogens is 220 g/mol. The number of likely N-dealkylation sites (N-methyl/N-ethyl adjacent to an activating group) is 1. The van der Waals surface area contributed by atoms with Gasteiger partial charge in [0.05, 0.1) is 12.1 Å². The predicted molar refractivity (Wildman–Crippen MR) is 64.5 cm³/mol. The summed E-state index contributed by atoms with van der Waals surface area (Å²) in [5, 5.41) is 2.84. The van der Waals surface area contributed by atoms with E-state index in [4.69, 9.17) is 4.74 Å². The molecule has 0 spiro atoms. The second-order valence-corrected chi connectivity index (χ2v) is 5.49. The van der Waals surface area contributed by atoms with Crippen molar-refractivity contribution in [1.82, 2.24) is 10.2 Å². The first-order chi connectivity index (χ1) is 7.78. The molecule has 0 heterocycles. The normalized spacial score (nSPS) is 15.5. The highest BCUT2D eigenvalue weighted by molar-refractivity contribution is 5.85. The molecule has 0 saturated heterocycles. The maximum Gasteiger partial charge on any atom is 0.248 e. The third-order valence-electron chi connectivity index (χ3n) is 2.38.